The van der Waals surface area contributed by atoms with Crippen LogP contribution in [0.4, 0.5) is 0 Å². The Morgan fingerprint density at radius 1 is 1.35 bits per heavy atom. The second-order valence-electron chi connectivity index (χ2n) is 6.35. The van der Waals surface area contributed by atoms with Crippen molar-refractivity contribution in [3.63, 3.8) is 0 Å². The van der Waals surface area contributed by atoms with Gasteiger partial charge >= 0.3 is 5.97 Å². The third kappa shape index (κ3) is 3.80. The first-order valence-electron chi connectivity index (χ1n) is 8.22. The molecule has 0 radical (unpaired) electrons. The Kier molecular flexibility index (Phi) is 5.56. The Morgan fingerprint density at radius 3 is 2.65 bits per heavy atom. The topological polar surface area (TPSA) is 92.8 Å². The second kappa shape index (κ2) is 7.48. The number of amides is 1. The molecule has 0 unspecified atom stereocenters. The number of hydrogen-bond acceptors (Lipinski definition) is 6. The predicted molar refractivity (Wildman–Crippen MR) is 94.9 cm³/mol. The molecule has 7 heteroatoms. The molecule has 1 amide bonds. The first-order valence-corrected chi connectivity index (χ1v) is 8.22. The number of esters is 1. The smallest absolute Gasteiger partial charge is 0.375 e. The van der Waals surface area contributed by atoms with Gasteiger partial charge in [0.05, 0.1) is 12.7 Å². The van der Waals surface area contributed by atoms with Crippen LogP contribution in [-0.2, 0) is 9.53 Å². The molecule has 0 aliphatic rings. The summed E-state index contributed by atoms with van der Waals surface area (Å²) < 4.78 is 16.1. The van der Waals surface area contributed by atoms with Crippen molar-refractivity contribution in [2.24, 2.45) is 0 Å². The Labute approximate surface area is 152 Å². The van der Waals surface area contributed by atoms with Crippen molar-refractivity contribution in [2.45, 2.75) is 33.2 Å². The molecule has 0 spiro atoms. The second-order valence-corrected chi connectivity index (χ2v) is 6.35. The molecule has 26 heavy (non-hydrogen) atoms. The van der Waals surface area contributed by atoms with Crippen molar-refractivity contribution >= 4 is 22.8 Å². The molecule has 0 saturated heterocycles. The largest absolute Gasteiger partial charge is 0.494 e. The van der Waals surface area contributed by atoms with Gasteiger partial charge < -0.3 is 18.8 Å². The summed E-state index contributed by atoms with van der Waals surface area (Å²) in [6.07, 6.45) is 0. The molecule has 1 aromatic carbocycles. The Hall–Kier alpha value is -3.01. The number of ether oxygens (including phenoxy) is 2. The summed E-state index contributed by atoms with van der Waals surface area (Å²) in [5.41, 5.74) is 0.158. The lowest BCUT2D eigenvalue weighted by Crippen LogP contribution is -2.45. The molecule has 2 rings (SSSR count). The number of nitrogens with zero attached hydrogens (tertiary/aromatic N) is 2. The van der Waals surface area contributed by atoms with Gasteiger partial charge in [-0.1, -0.05) is 0 Å². The van der Waals surface area contributed by atoms with Crippen LogP contribution in [-0.4, -0.2) is 42.6 Å². The summed E-state index contributed by atoms with van der Waals surface area (Å²) in [4.78, 5) is 25.7. The molecular formula is C19H22N2O5. The normalized spacial score (nSPS) is 11.1. The summed E-state index contributed by atoms with van der Waals surface area (Å²) in [6.45, 7) is 6.90. The van der Waals surface area contributed by atoms with Crippen LogP contribution in [0.25, 0.3) is 11.0 Å². The van der Waals surface area contributed by atoms with Gasteiger partial charge in [-0.2, -0.15) is 5.26 Å². The van der Waals surface area contributed by atoms with Crippen LogP contribution < -0.4 is 4.74 Å². The van der Waals surface area contributed by atoms with Crippen molar-refractivity contribution < 1.29 is 23.5 Å². The molecule has 7 nitrogen and oxygen atoms in total. The highest BCUT2D eigenvalue weighted by molar-refractivity contribution is 5.97. The lowest BCUT2D eigenvalue weighted by Gasteiger charge is -2.28. The highest BCUT2D eigenvalue weighted by Gasteiger charge is 2.28. The average Bonchev–Trinajstić information content (AvgIpc) is 2.95. The number of fused-ring (bicyclic) bond motifs is 1. The summed E-state index contributed by atoms with van der Waals surface area (Å²) in [6, 6.07) is 7.29. The molecule has 0 fully saturated rings. The predicted octanol–water partition coefficient (Wildman–Crippen LogP) is 3.06. The van der Waals surface area contributed by atoms with E-state index in [9.17, 15) is 9.59 Å². The van der Waals surface area contributed by atoms with E-state index < -0.39 is 24.0 Å². The molecule has 138 valence electrons. The van der Waals surface area contributed by atoms with Crippen LogP contribution in [0.15, 0.2) is 22.6 Å². The minimum absolute atomic E-state index is 0.0450. The SMILES string of the molecule is CCOc1ccc2oc(C(=O)OCC(=O)N(C)C(C)(C)C#N)c(C)c2c1. The number of nitriles is 1. The molecule has 0 N–H and O–H groups in total. The number of carbonyl (C=O) groups excluding carboxylic acids is 2. The molecule has 0 aliphatic carbocycles. The monoisotopic (exact) mass is 358 g/mol. The van der Waals surface area contributed by atoms with Crippen LogP contribution in [0.3, 0.4) is 0 Å². The van der Waals surface area contributed by atoms with Gasteiger partial charge in [0.1, 0.15) is 16.9 Å². The van der Waals surface area contributed by atoms with Gasteiger partial charge in [-0.3, -0.25) is 4.79 Å². The zero-order valence-electron chi connectivity index (χ0n) is 15.6. The Balaban J connectivity index is 2.14. The molecular weight excluding hydrogens is 336 g/mol. The van der Waals surface area contributed by atoms with E-state index in [1.165, 1.54) is 11.9 Å². The number of furan rings is 1. The van der Waals surface area contributed by atoms with Crippen LogP contribution in [0.2, 0.25) is 0 Å². The first-order chi connectivity index (χ1) is 12.2. The highest BCUT2D eigenvalue weighted by Crippen LogP contribution is 2.29. The highest BCUT2D eigenvalue weighted by atomic mass is 16.5. The zero-order chi connectivity index (χ0) is 19.5. The number of carbonyl (C=O) groups is 2. The number of benzene rings is 1. The van der Waals surface area contributed by atoms with Crippen LogP contribution in [0, 0.1) is 18.3 Å². The first kappa shape index (κ1) is 19.3. The van der Waals surface area contributed by atoms with E-state index in [0.29, 0.717) is 23.5 Å². The van der Waals surface area contributed by atoms with E-state index in [1.54, 1.807) is 39.0 Å². The lowest BCUT2D eigenvalue weighted by atomic mass is 10.1. The van der Waals surface area contributed by atoms with Crippen LogP contribution >= 0.6 is 0 Å². The average molecular weight is 358 g/mol. The van der Waals surface area contributed by atoms with E-state index in [4.69, 9.17) is 19.2 Å². The fraction of sp³-hybridized carbons (Fsp3) is 0.421. The Bertz CT molecular complexity index is 876. The van der Waals surface area contributed by atoms with E-state index in [-0.39, 0.29) is 5.76 Å². The maximum absolute atomic E-state index is 12.3. The molecule has 1 aromatic heterocycles. The molecule has 0 saturated carbocycles. The standard InChI is InChI=1S/C19H22N2O5/c1-6-24-13-7-8-15-14(9-13)12(2)17(26-15)18(23)25-10-16(22)21(5)19(3,4)11-20/h7-9H,6,10H2,1-5H3. The van der Waals surface area contributed by atoms with E-state index in [1.807, 2.05) is 13.0 Å². The maximum Gasteiger partial charge on any atom is 0.375 e. The fourth-order valence-corrected chi connectivity index (χ4v) is 2.33. The maximum atomic E-state index is 12.3. The van der Waals surface area contributed by atoms with Crippen molar-refractivity contribution in [1.82, 2.24) is 4.90 Å². The zero-order valence-corrected chi connectivity index (χ0v) is 15.6. The summed E-state index contributed by atoms with van der Waals surface area (Å²) in [5.74, 6) is -0.478. The van der Waals surface area contributed by atoms with Crippen LogP contribution in [0.1, 0.15) is 36.9 Å². The molecule has 0 aliphatic heterocycles. The third-order valence-corrected chi connectivity index (χ3v) is 4.22. The van der Waals surface area contributed by atoms with E-state index >= 15 is 0 Å². The Morgan fingerprint density at radius 2 is 2.04 bits per heavy atom. The quantitative estimate of drug-likeness (QED) is 0.737. The number of aryl methyl sites for hydroxylation is 1. The van der Waals surface area contributed by atoms with Gasteiger partial charge in [-0.05, 0) is 45.9 Å². The van der Waals surface area contributed by atoms with Crippen molar-refractivity contribution in [3.05, 3.63) is 29.5 Å². The minimum Gasteiger partial charge on any atom is -0.494 e. The van der Waals surface area contributed by atoms with Gasteiger partial charge in [-0.25, -0.2) is 4.79 Å². The minimum atomic E-state index is -0.992. The molecule has 0 atom stereocenters. The molecule has 2 aromatic rings. The van der Waals surface area contributed by atoms with Gasteiger partial charge in [0.25, 0.3) is 5.91 Å². The van der Waals surface area contributed by atoms with Gasteiger partial charge in [0.2, 0.25) is 5.76 Å². The van der Waals surface area contributed by atoms with Gasteiger partial charge in [-0.15, -0.1) is 0 Å². The number of hydrogen-bond donors (Lipinski definition) is 0. The fourth-order valence-electron chi connectivity index (χ4n) is 2.33. The van der Waals surface area contributed by atoms with Crippen LogP contribution in [0.5, 0.6) is 5.75 Å². The van der Waals surface area contributed by atoms with Crippen molar-refractivity contribution in [1.29, 1.82) is 5.26 Å². The van der Waals surface area contributed by atoms with Gasteiger partial charge in [0, 0.05) is 18.0 Å². The summed E-state index contributed by atoms with van der Waals surface area (Å²) in [7, 11) is 1.49. The molecule has 1 heterocycles. The number of rotatable bonds is 6. The lowest BCUT2D eigenvalue weighted by molar-refractivity contribution is -0.136. The van der Waals surface area contributed by atoms with Crippen molar-refractivity contribution in [2.75, 3.05) is 20.3 Å². The van der Waals surface area contributed by atoms with E-state index in [2.05, 4.69) is 0 Å². The third-order valence-electron chi connectivity index (χ3n) is 4.22. The summed E-state index contributed by atoms with van der Waals surface area (Å²) in [5, 5.41) is 9.82. The number of likely N-dealkylation sites (N-methyl/N-ethyl adjacent to an activating group) is 1. The van der Waals surface area contributed by atoms with Crippen molar-refractivity contribution in [3.8, 4) is 11.8 Å². The van der Waals surface area contributed by atoms with Gasteiger partial charge in [0.15, 0.2) is 6.61 Å². The summed E-state index contributed by atoms with van der Waals surface area (Å²) >= 11 is 0. The van der Waals surface area contributed by atoms with E-state index in [0.717, 1.165) is 5.39 Å². The molecule has 0 bridgehead atoms.